The number of pyridine rings is 3. The predicted octanol–water partition coefficient (Wildman–Crippen LogP) is 12.5. The van der Waals surface area contributed by atoms with Crippen LogP contribution in [0, 0.1) is 0 Å². The molecule has 9 aromatic rings. The van der Waals surface area contributed by atoms with Gasteiger partial charge in [0.25, 0.3) is 0 Å². The largest absolute Gasteiger partial charge is 0.265 e. The van der Waals surface area contributed by atoms with Crippen molar-refractivity contribution < 1.29 is 0 Å². The molecule has 3 aromatic heterocycles. The molecule has 0 fully saturated rings. The van der Waals surface area contributed by atoms with Gasteiger partial charge in [0.05, 0.1) is 0 Å². The molecule has 0 bridgehead atoms. The van der Waals surface area contributed by atoms with Crippen LogP contribution < -0.4 is 0 Å². The molecule has 0 aliphatic heterocycles. The standard InChI is InChI=1S/C43H27N3.C3H8/c1-2-34(27-46-19-1)28-3-5-31(6-4-28)38-11-9-32-7-8-33-10-12-39(41-14-13-40(38)42(32)43(33)41)37-25-35(29-15-20-44-21-16-29)24-36(26-37)30-17-22-45-23-18-30;1-3-2/h1-27H;3H2,1-2H3. The molecular weight excluding hydrogens is 595 g/mol. The lowest BCUT2D eigenvalue weighted by molar-refractivity contribution is 1.09. The molecule has 0 saturated carbocycles. The van der Waals surface area contributed by atoms with Crippen molar-refractivity contribution in [1.82, 2.24) is 15.0 Å². The summed E-state index contributed by atoms with van der Waals surface area (Å²) in [7, 11) is 0. The molecule has 49 heavy (non-hydrogen) atoms. The molecule has 0 N–H and O–H groups in total. The van der Waals surface area contributed by atoms with E-state index in [2.05, 4.69) is 150 Å². The van der Waals surface area contributed by atoms with Crippen LogP contribution >= 0.6 is 0 Å². The lowest BCUT2D eigenvalue weighted by atomic mass is 9.86. The average molecular weight is 630 g/mol. The molecule has 0 saturated heterocycles. The smallest absolute Gasteiger partial charge is 0.0346 e. The first kappa shape index (κ1) is 30.2. The lowest BCUT2D eigenvalue weighted by Crippen LogP contribution is -1.91. The third-order valence-corrected chi connectivity index (χ3v) is 9.13. The highest BCUT2D eigenvalue weighted by Gasteiger charge is 2.16. The van der Waals surface area contributed by atoms with Gasteiger partial charge in [-0.15, -0.1) is 0 Å². The van der Waals surface area contributed by atoms with E-state index in [4.69, 9.17) is 0 Å². The first-order chi connectivity index (χ1) is 24.2. The van der Waals surface area contributed by atoms with Gasteiger partial charge in [0.2, 0.25) is 0 Å². The molecule has 3 nitrogen and oxygen atoms in total. The summed E-state index contributed by atoms with van der Waals surface area (Å²) in [5.74, 6) is 0. The molecule has 234 valence electrons. The zero-order chi connectivity index (χ0) is 33.2. The Balaban J connectivity index is 0.00000112. The van der Waals surface area contributed by atoms with Crippen molar-refractivity contribution >= 4 is 32.3 Å². The van der Waals surface area contributed by atoms with E-state index in [0.717, 1.165) is 27.8 Å². The third kappa shape index (κ3) is 5.70. The van der Waals surface area contributed by atoms with Gasteiger partial charge < -0.3 is 0 Å². The van der Waals surface area contributed by atoms with E-state index in [1.165, 1.54) is 66.6 Å². The summed E-state index contributed by atoms with van der Waals surface area (Å²) in [6, 6.07) is 46.3. The maximum atomic E-state index is 4.29. The van der Waals surface area contributed by atoms with E-state index in [9.17, 15) is 0 Å². The van der Waals surface area contributed by atoms with Crippen LogP contribution in [-0.4, -0.2) is 15.0 Å². The van der Waals surface area contributed by atoms with Crippen LogP contribution in [0.4, 0.5) is 0 Å². The van der Waals surface area contributed by atoms with Crippen LogP contribution in [0.5, 0.6) is 0 Å². The van der Waals surface area contributed by atoms with E-state index in [-0.39, 0.29) is 0 Å². The summed E-state index contributed by atoms with van der Waals surface area (Å²) in [5, 5.41) is 7.65. The van der Waals surface area contributed by atoms with Gasteiger partial charge in [-0.25, -0.2) is 0 Å². The maximum absolute atomic E-state index is 4.29. The first-order valence-corrected chi connectivity index (χ1v) is 16.9. The van der Waals surface area contributed by atoms with Gasteiger partial charge in [0.1, 0.15) is 0 Å². The Labute approximate surface area is 287 Å². The van der Waals surface area contributed by atoms with E-state index in [0.29, 0.717) is 0 Å². The second kappa shape index (κ2) is 13.1. The van der Waals surface area contributed by atoms with Crippen molar-refractivity contribution in [1.29, 1.82) is 0 Å². The minimum Gasteiger partial charge on any atom is -0.265 e. The molecule has 3 heterocycles. The van der Waals surface area contributed by atoms with Crippen molar-refractivity contribution in [2.75, 3.05) is 0 Å². The van der Waals surface area contributed by atoms with Gasteiger partial charge in [0, 0.05) is 37.2 Å². The first-order valence-electron chi connectivity index (χ1n) is 16.9. The highest BCUT2D eigenvalue weighted by atomic mass is 14.6. The highest BCUT2D eigenvalue weighted by Crippen LogP contribution is 2.43. The van der Waals surface area contributed by atoms with Gasteiger partial charge in [-0.2, -0.15) is 0 Å². The number of benzene rings is 6. The summed E-state index contributed by atoms with van der Waals surface area (Å²) >= 11 is 0. The van der Waals surface area contributed by atoms with Crippen molar-refractivity contribution in [2.45, 2.75) is 20.3 Å². The molecule has 0 aliphatic rings. The highest BCUT2D eigenvalue weighted by molar-refractivity contribution is 6.27. The van der Waals surface area contributed by atoms with Crippen LogP contribution in [0.1, 0.15) is 20.3 Å². The molecule has 0 amide bonds. The van der Waals surface area contributed by atoms with Gasteiger partial charge in [-0.3, -0.25) is 15.0 Å². The second-order valence-corrected chi connectivity index (χ2v) is 12.4. The fourth-order valence-corrected chi connectivity index (χ4v) is 6.89. The summed E-state index contributed by atoms with van der Waals surface area (Å²) in [5.41, 5.74) is 11.8. The molecule has 6 aromatic carbocycles. The SMILES string of the molecule is CCC.c1cncc(-c2ccc(-c3ccc4ccc5ccc(-c6cc(-c7ccncc7)cc(-c7ccncc7)c6)c6ccc3c4c56)cc2)c1. The molecule has 0 atom stereocenters. The van der Waals surface area contributed by atoms with Crippen LogP contribution in [-0.2, 0) is 0 Å². The minimum absolute atomic E-state index is 1.12. The van der Waals surface area contributed by atoms with Gasteiger partial charge in [-0.05, 0) is 136 Å². The van der Waals surface area contributed by atoms with E-state index in [1.54, 1.807) is 0 Å². The summed E-state index contributed by atoms with van der Waals surface area (Å²) in [4.78, 5) is 12.8. The molecule has 0 radical (unpaired) electrons. The topological polar surface area (TPSA) is 38.7 Å². The molecular formula is C46H35N3. The Morgan fingerprint density at radius 3 is 1.33 bits per heavy atom. The van der Waals surface area contributed by atoms with Crippen molar-refractivity contribution in [3.63, 3.8) is 0 Å². The minimum atomic E-state index is 1.12. The Hall–Kier alpha value is -6.19. The Morgan fingerprint density at radius 1 is 0.367 bits per heavy atom. The molecule has 0 unspecified atom stereocenters. The molecule has 0 spiro atoms. The zero-order valence-corrected chi connectivity index (χ0v) is 27.6. The number of hydrogen-bond donors (Lipinski definition) is 0. The van der Waals surface area contributed by atoms with Gasteiger partial charge in [0.15, 0.2) is 0 Å². The van der Waals surface area contributed by atoms with Crippen molar-refractivity contribution in [3.05, 3.63) is 165 Å². The monoisotopic (exact) mass is 629 g/mol. The van der Waals surface area contributed by atoms with Crippen LogP contribution in [0.3, 0.4) is 0 Å². The predicted molar refractivity (Wildman–Crippen MR) is 207 cm³/mol. The van der Waals surface area contributed by atoms with Crippen LogP contribution in [0.25, 0.3) is 88.0 Å². The third-order valence-electron chi connectivity index (χ3n) is 9.13. The van der Waals surface area contributed by atoms with E-state index < -0.39 is 0 Å². The maximum Gasteiger partial charge on any atom is 0.0346 e. The van der Waals surface area contributed by atoms with Crippen molar-refractivity contribution in [3.8, 4) is 55.6 Å². The molecule has 3 heteroatoms. The fourth-order valence-electron chi connectivity index (χ4n) is 6.89. The Morgan fingerprint density at radius 2 is 0.816 bits per heavy atom. The average Bonchev–Trinajstić information content (AvgIpc) is 3.18. The normalized spacial score (nSPS) is 11.1. The number of hydrogen-bond acceptors (Lipinski definition) is 3. The Kier molecular flexibility index (Phi) is 8.09. The van der Waals surface area contributed by atoms with E-state index >= 15 is 0 Å². The Bertz CT molecular complexity index is 2450. The quantitative estimate of drug-likeness (QED) is 0.178. The van der Waals surface area contributed by atoms with Crippen LogP contribution in [0.15, 0.2) is 165 Å². The lowest BCUT2D eigenvalue weighted by Gasteiger charge is -2.18. The summed E-state index contributed by atoms with van der Waals surface area (Å²) in [6.45, 7) is 4.25. The molecule has 0 aliphatic carbocycles. The summed E-state index contributed by atoms with van der Waals surface area (Å²) in [6.07, 6.45) is 12.4. The van der Waals surface area contributed by atoms with Gasteiger partial charge >= 0.3 is 0 Å². The number of aromatic nitrogens is 3. The fraction of sp³-hybridized carbons (Fsp3) is 0.0652. The zero-order valence-electron chi connectivity index (χ0n) is 27.6. The van der Waals surface area contributed by atoms with Crippen LogP contribution in [0.2, 0.25) is 0 Å². The van der Waals surface area contributed by atoms with Gasteiger partial charge in [-0.1, -0.05) is 99.1 Å². The second-order valence-electron chi connectivity index (χ2n) is 12.4. The van der Waals surface area contributed by atoms with E-state index in [1.807, 2.05) is 43.2 Å². The molecule has 9 rings (SSSR count). The number of rotatable bonds is 5. The number of nitrogens with zero attached hydrogens (tertiary/aromatic N) is 3. The summed E-state index contributed by atoms with van der Waals surface area (Å²) < 4.78 is 0. The van der Waals surface area contributed by atoms with Crippen molar-refractivity contribution in [2.24, 2.45) is 0 Å².